The molecule has 1 fully saturated rings. The van der Waals surface area contributed by atoms with Crippen LogP contribution in [0.25, 0.3) is 11.0 Å². The summed E-state index contributed by atoms with van der Waals surface area (Å²) >= 11 is 0. The molecule has 0 spiro atoms. The molecule has 1 N–H and O–H groups in total. The second kappa shape index (κ2) is 7.63. The lowest BCUT2D eigenvalue weighted by atomic mass is 9.94. The molecule has 1 aliphatic rings. The number of hydrogen-bond donors (Lipinski definition) is 1. The minimum absolute atomic E-state index is 0.141. The predicted molar refractivity (Wildman–Crippen MR) is 94.1 cm³/mol. The summed E-state index contributed by atoms with van der Waals surface area (Å²) in [6.45, 7) is 6.03. The Bertz CT molecular complexity index is 764. The van der Waals surface area contributed by atoms with Crippen LogP contribution in [0.2, 0.25) is 0 Å². The average Bonchev–Trinajstić information content (AvgIpc) is 2.98. The number of nitrogens with zero attached hydrogens (tertiary/aromatic N) is 2. The maximum absolute atomic E-state index is 12.3. The molecule has 1 saturated heterocycles. The highest BCUT2D eigenvalue weighted by atomic mass is 32.2. The number of benzene rings is 1. The van der Waals surface area contributed by atoms with E-state index in [9.17, 15) is 8.42 Å². The summed E-state index contributed by atoms with van der Waals surface area (Å²) in [6, 6.07) is 7.31. The van der Waals surface area contributed by atoms with Crippen LogP contribution in [0.4, 0.5) is 0 Å². The molecule has 7 heteroatoms. The van der Waals surface area contributed by atoms with E-state index >= 15 is 0 Å². The summed E-state index contributed by atoms with van der Waals surface area (Å²) in [4.78, 5) is 2.44. The van der Waals surface area contributed by atoms with Crippen molar-refractivity contribution < 1.29 is 12.9 Å². The van der Waals surface area contributed by atoms with Crippen LogP contribution >= 0.6 is 0 Å². The Kier molecular flexibility index (Phi) is 5.53. The van der Waals surface area contributed by atoms with Gasteiger partial charge in [0.25, 0.3) is 0 Å². The Balaban J connectivity index is 1.50. The lowest BCUT2D eigenvalue weighted by Gasteiger charge is -2.30. The molecule has 3 rings (SSSR count). The zero-order chi connectivity index (χ0) is 17.0. The normalized spacial score (nSPS) is 17.5. The van der Waals surface area contributed by atoms with Crippen molar-refractivity contribution in [3.63, 3.8) is 0 Å². The topological polar surface area (TPSA) is 75.4 Å². The Hall–Kier alpha value is -1.44. The summed E-state index contributed by atoms with van der Waals surface area (Å²) in [5.74, 6) is 0.474. The quantitative estimate of drug-likeness (QED) is 0.829. The number of sulfonamides is 1. The van der Waals surface area contributed by atoms with Gasteiger partial charge in [0.05, 0.1) is 0 Å². The summed E-state index contributed by atoms with van der Waals surface area (Å²) < 4.78 is 32.4. The highest BCUT2D eigenvalue weighted by molar-refractivity contribution is 7.88. The minimum atomic E-state index is -3.40. The second-order valence-electron chi connectivity index (χ2n) is 6.45. The predicted octanol–water partition coefficient (Wildman–Crippen LogP) is 2.37. The monoisotopic (exact) mass is 351 g/mol. The molecule has 0 aliphatic carbocycles. The Morgan fingerprint density at radius 1 is 1.29 bits per heavy atom. The number of nitrogens with one attached hydrogen (secondary N) is 1. The van der Waals surface area contributed by atoms with Crippen LogP contribution in [0.3, 0.4) is 0 Å². The first-order valence-electron chi connectivity index (χ1n) is 8.60. The van der Waals surface area contributed by atoms with Crippen molar-refractivity contribution in [1.82, 2.24) is 14.8 Å². The maximum atomic E-state index is 12.3. The van der Waals surface area contributed by atoms with Gasteiger partial charge in [0.2, 0.25) is 10.0 Å². The molecule has 0 unspecified atom stereocenters. The van der Waals surface area contributed by atoms with Crippen molar-refractivity contribution in [2.24, 2.45) is 5.92 Å². The Labute approximate surface area is 143 Å². The van der Waals surface area contributed by atoms with E-state index in [4.69, 9.17) is 4.52 Å². The van der Waals surface area contributed by atoms with Crippen LogP contribution in [-0.4, -0.2) is 44.7 Å². The van der Waals surface area contributed by atoms with Gasteiger partial charge in [-0.15, -0.1) is 0 Å². The van der Waals surface area contributed by atoms with Crippen LogP contribution in [0.5, 0.6) is 0 Å². The van der Waals surface area contributed by atoms with Crippen molar-refractivity contribution in [2.45, 2.75) is 31.9 Å². The van der Waals surface area contributed by atoms with Crippen molar-refractivity contribution in [1.29, 1.82) is 0 Å². The first-order valence-corrected chi connectivity index (χ1v) is 10.3. The number of para-hydroxylation sites is 1. The molecule has 1 aromatic carbocycles. The fraction of sp³-hybridized carbons (Fsp3) is 0.588. The lowest BCUT2D eigenvalue weighted by molar-refractivity contribution is 0.187. The fourth-order valence-electron chi connectivity index (χ4n) is 3.28. The van der Waals surface area contributed by atoms with Crippen molar-refractivity contribution in [2.75, 3.05) is 26.2 Å². The molecule has 132 valence electrons. The van der Waals surface area contributed by atoms with E-state index in [-0.39, 0.29) is 5.75 Å². The minimum Gasteiger partial charge on any atom is -0.356 e. The van der Waals surface area contributed by atoms with Gasteiger partial charge in [0, 0.05) is 11.9 Å². The number of rotatable bonds is 7. The summed E-state index contributed by atoms with van der Waals surface area (Å²) in [5.41, 5.74) is 1.08. The molecule has 0 saturated carbocycles. The van der Waals surface area contributed by atoms with E-state index in [1.54, 1.807) is 6.07 Å². The molecular weight excluding hydrogens is 326 g/mol. The first-order chi connectivity index (χ1) is 11.6. The lowest BCUT2D eigenvalue weighted by Crippen LogP contribution is -2.35. The molecule has 6 nitrogen and oxygen atoms in total. The average molecular weight is 351 g/mol. The van der Waals surface area contributed by atoms with Crippen LogP contribution in [0.1, 0.15) is 31.9 Å². The van der Waals surface area contributed by atoms with Gasteiger partial charge < -0.3 is 9.42 Å². The van der Waals surface area contributed by atoms with E-state index in [2.05, 4.69) is 21.7 Å². The van der Waals surface area contributed by atoms with Crippen LogP contribution in [-0.2, 0) is 15.8 Å². The van der Waals surface area contributed by atoms with E-state index in [0.29, 0.717) is 23.7 Å². The molecular formula is C17H25N3O3S. The molecule has 2 aromatic rings. The van der Waals surface area contributed by atoms with Crippen molar-refractivity contribution in [3.05, 3.63) is 30.0 Å². The fourth-order valence-corrected chi connectivity index (χ4v) is 4.38. The Morgan fingerprint density at radius 3 is 2.79 bits per heavy atom. The Morgan fingerprint density at radius 2 is 2.04 bits per heavy atom. The van der Waals surface area contributed by atoms with E-state index < -0.39 is 10.0 Å². The van der Waals surface area contributed by atoms with Crippen molar-refractivity contribution in [3.8, 4) is 0 Å². The summed E-state index contributed by atoms with van der Waals surface area (Å²) in [5, 5.41) is 4.66. The largest absolute Gasteiger partial charge is 0.356 e. The number of aromatic nitrogens is 1. The highest BCUT2D eigenvalue weighted by Crippen LogP contribution is 2.21. The molecule has 1 aliphatic heterocycles. The second-order valence-corrected chi connectivity index (χ2v) is 8.25. The third-order valence-electron chi connectivity index (χ3n) is 4.81. The SMILES string of the molecule is CCN1CCC(CCNS(=O)(=O)Cc2noc3ccccc23)CC1. The van der Waals surface area contributed by atoms with Gasteiger partial charge in [-0.05, 0) is 56.9 Å². The highest BCUT2D eigenvalue weighted by Gasteiger charge is 2.20. The van der Waals surface area contributed by atoms with Gasteiger partial charge in [-0.3, -0.25) is 0 Å². The zero-order valence-electron chi connectivity index (χ0n) is 14.1. The van der Waals surface area contributed by atoms with E-state index in [1.807, 2.05) is 18.2 Å². The first kappa shape index (κ1) is 17.4. The van der Waals surface area contributed by atoms with Gasteiger partial charge in [-0.2, -0.15) is 0 Å². The summed E-state index contributed by atoms with van der Waals surface area (Å²) in [7, 11) is -3.40. The van der Waals surface area contributed by atoms with E-state index in [1.165, 1.54) is 0 Å². The van der Waals surface area contributed by atoms with Gasteiger partial charge in [-0.1, -0.05) is 24.2 Å². The van der Waals surface area contributed by atoms with Gasteiger partial charge in [-0.25, -0.2) is 13.1 Å². The van der Waals surface area contributed by atoms with Gasteiger partial charge in [0.15, 0.2) is 5.58 Å². The molecule has 1 aromatic heterocycles. The van der Waals surface area contributed by atoms with Gasteiger partial charge >= 0.3 is 0 Å². The summed E-state index contributed by atoms with van der Waals surface area (Å²) in [6.07, 6.45) is 3.21. The standard InChI is InChI=1S/C17H25N3O3S/c1-2-20-11-8-14(9-12-20)7-10-18-24(21,22)13-16-15-5-3-4-6-17(15)23-19-16/h3-6,14,18H,2,7-13H2,1H3. The number of hydrogen-bond acceptors (Lipinski definition) is 5. The van der Waals surface area contributed by atoms with E-state index in [0.717, 1.165) is 44.3 Å². The molecule has 24 heavy (non-hydrogen) atoms. The molecule has 0 atom stereocenters. The molecule has 0 radical (unpaired) electrons. The van der Waals surface area contributed by atoms with Crippen LogP contribution < -0.4 is 4.72 Å². The molecule has 0 amide bonds. The van der Waals surface area contributed by atoms with Crippen molar-refractivity contribution >= 4 is 21.0 Å². The van der Waals surface area contributed by atoms with Crippen LogP contribution in [0, 0.1) is 5.92 Å². The molecule has 2 heterocycles. The zero-order valence-corrected chi connectivity index (χ0v) is 14.9. The third-order valence-corrected chi connectivity index (χ3v) is 6.11. The number of fused-ring (bicyclic) bond motifs is 1. The smallest absolute Gasteiger partial charge is 0.217 e. The number of likely N-dealkylation sites (tertiary alicyclic amines) is 1. The number of piperidine rings is 1. The maximum Gasteiger partial charge on any atom is 0.217 e. The van der Waals surface area contributed by atoms with Gasteiger partial charge in [0.1, 0.15) is 11.4 Å². The van der Waals surface area contributed by atoms with Crippen LogP contribution in [0.15, 0.2) is 28.8 Å². The third kappa shape index (κ3) is 4.34. The molecule has 0 bridgehead atoms.